The van der Waals surface area contributed by atoms with Gasteiger partial charge in [-0.25, -0.2) is 8.78 Å². The highest BCUT2D eigenvalue weighted by Crippen LogP contribution is 2.16. The van der Waals surface area contributed by atoms with Crippen LogP contribution in [0.25, 0.3) is 0 Å². The molecule has 0 saturated carbocycles. The molecule has 1 unspecified atom stereocenters. The maximum atomic E-state index is 12.3. The van der Waals surface area contributed by atoms with Crippen molar-refractivity contribution in [2.45, 2.75) is 19.3 Å². The standard InChI is InChI=1S/C8H11BF2N/c1-9-6-3-4-7(8(10)11)12(2)5-6/h3-5,7-8H,1-2H3. The monoisotopic (exact) mass is 170 g/mol. The van der Waals surface area contributed by atoms with Gasteiger partial charge in [-0.2, -0.15) is 0 Å². The van der Waals surface area contributed by atoms with Crippen molar-refractivity contribution in [3.05, 3.63) is 23.8 Å². The lowest BCUT2D eigenvalue weighted by Crippen LogP contribution is -2.34. The number of nitrogens with zero attached hydrogens (tertiary/aromatic N) is 1. The fourth-order valence-electron chi connectivity index (χ4n) is 1.14. The summed E-state index contributed by atoms with van der Waals surface area (Å²) in [6, 6.07) is -0.770. The number of alkyl halides is 2. The summed E-state index contributed by atoms with van der Waals surface area (Å²) in [7, 11) is 3.54. The van der Waals surface area contributed by atoms with Crippen LogP contribution < -0.4 is 0 Å². The summed E-state index contributed by atoms with van der Waals surface area (Å²) < 4.78 is 24.5. The quantitative estimate of drug-likeness (QED) is 0.570. The van der Waals surface area contributed by atoms with Crippen molar-refractivity contribution >= 4 is 7.28 Å². The van der Waals surface area contributed by atoms with E-state index >= 15 is 0 Å². The highest BCUT2D eigenvalue weighted by molar-refractivity contribution is 6.44. The van der Waals surface area contributed by atoms with Gasteiger partial charge < -0.3 is 4.90 Å². The Morgan fingerprint density at radius 2 is 2.25 bits per heavy atom. The summed E-state index contributed by atoms with van der Waals surface area (Å²) >= 11 is 0. The molecular weight excluding hydrogens is 159 g/mol. The van der Waals surface area contributed by atoms with Crippen LogP contribution in [0.4, 0.5) is 8.78 Å². The summed E-state index contributed by atoms with van der Waals surface area (Å²) in [5.41, 5.74) is 0.967. The second-order valence-corrected chi connectivity index (χ2v) is 2.77. The second kappa shape index (κ2) is 3.74. The van der Waals surface area contributed by atoms with Crippen molar-refractivity contribution in [2.24, 2.45) is 0 Å². The SMILES string of the molecule is C[B]C1=CN(C)C(C(F)F)C=C1. The van der Waals surface area contributed by atoms with Gasteiger partial charge >= 0.3 is 0 Å². The lowest BCUT2D eigenvalue weighted by molar-refractivity contribution is 0.0802. The van der Waals surface area contributed by atoms with E-state index in [2.05, 4.69) is 0 Å². The molecule has 0 aliphatic carbocycles. The molecule has 65 valence electrons. The van der Waals surface area contributed by atoms with Gasteiger partial charge in [-0.3, -0.25) is 0 Å². The van der Waals surface area contributed by atoms with Gasteiger partial charge in [0.2, 0.25) is 0 Å². The molecule has 1 nitrogen and oxygen atoms in total. The minimum absolute atomic E-state index is 0.770. The molecule has 0 bridgehead atoms. The van der Waals surface area contributed by atoms with Crippen LogP contribution in [-0.2, 0) is 0 Å². The Morgan fingerprint density at radius 1 is 1.58 bits per heavy atom. The maximum Gasteiger partial charge on any atom is 0.262 e. The molecule has 0 saturated heterocycles. The average molecular weight is 170 g/mol. The van der Waals surface area contributed by atoms with E-state index in [9.17, 15) is 8.78 Å². The highest BCUT2D eigenvalue weighted by Gasteiger charge is 2.22. The lowest BCUT2D eigenvalue weighted by atomic mass is 9.72. The van der Waals surface area contributed by atoms with Crippen molar-refractivity contribution in [1.82, 2.24) is 4.90 Å². The van der Waals surface area contributed by atoms with Crippen LogP contribution in [-0.4, -0.2) is 31.7 Å². The van der Waals surface area contributed by atoms with E-state index in [-0.39, 0.29) is 0 Å². The summed E-state index contributed by atoms with van der Waals surface area (Å²) in [6.07, 6.45) is 2.65. The minimum atomic E-state index is -2.32. The predicted molar refractivity (Wildman–Crippen MR) is 46.4 cm³/mol. The molecule has 1 aliphatic heterocycles. The zero-order chi connectivity index (χ0) is 9.14. The van der Waals surface area contributed by atoms with Gasteiger partial charge in [-0.05, 0) is 6.20 Å². The van der Waals surface area contributed by atoms with Crippen molar-refractivity contribution in [1.29, 1.82) is 0 Å². The van der Waals surface area contributed by atoms with E-state index in [1.165, 1.54) is 11.0 Å². The molecule has 1 atom stereocenters. The third-order valence-corrected chi connectivity index (χ3v) is 1.90. The summed E-state index contributed by atoms with van der Waals surface area (Å²) in [5, 5.41) is 0. The molecule has 1 radical (unpaired) electrons. The number of likely N-dealkylation sites (N-methyl/N-ethyl adjacent to an activating group) is 1. The van der Waals surface area contributed by atoms with Gasteiger partial charge in [0, 0.05) is 7.05 Å². The first-order chi connectivity index (χ1) is 5.65. The predicted octanol–water partition coefficient (Wildman–Crippen LogP) is 1.72. The number of hydrogen-bond donors (Lipinski definition) is 0. The Morgan fingerprint density at radius 3 is 2.67 bits per heavy atom. The largest absolute Gasteiger partial charge is 0.369 e. The Balaban J connectivity index is 2.68. The summed E-state index contributed by atoms with van der Waals surface area (Å²) in [4.78, 5) is 1.53. The van der Waals surface area contributed by atoms with Gasteiger partial charge in [0.25, 0.3) is 6.43 Å². The molecule has 0 aromatic heterocycles. The number of rotatable bonds is 2. The molecule has 1 aliphatic rings. The average Bonchev–Trinajstić information content (AvgIpc) is 2.03. The molecule has 1 rings (SSSR count). The van der Waals surface area contributed by atoms with Crippen LogP contribution in [0.1, 0.15) is 0 Å². The third-order valence-electron chi connectivity index (χ3n) is 1.90. The highest BCUT2D eigenvalue weighted by atomic mass is 19.3. The van der Waals surface area contributed by atoms with Crippen molar-refractivity contribution in [2.75, 3.05) is 7.05 Å². The fraction of sp³-hybridized carbons (Fsp3) is 0.500. The number of hydrogen-bond acceptors (Lipinski definition) is 1. The smallest absolute Gasteiger partial charge is 0.262 e. The molecule has 0 N–H and O–H groups in total. The van der Waals surface area contributed by atoms with Crippen LogP contribution in [0.5, 0.6) is 0 Å². The zero-order valence-corrected chi connectivity index (χ0v) is 7.17. The van der Waals surface area contributed by atoms with Crippen LogP contribution in [0, 0.1) is 0 Å². The molecule has 0 aromatic rings. The molecule has 0 amide bonds. The number of allylic oxidation sites excluding steroid dienone is 2. The van der Waals surface area contributed by atoms with Gasteiger partial charge in [-0.1, -0.05) is 24.4 Å². The minimum Gasteiger partial charge on any atom is -0.369 e. The molecule has 4 heteroatoms. The Kier molecular flexibility index (Phi) is 2.90. The maximum absolute atomic E-state index is 12.3. The van der Waals surface area contributed by atoms with Crippen molar-refractivity contribution < 1.29 is 8.78 Å². The fourth-order valence-corrected chi connectivity index (χ4v) is 1.14. The zero-order valence-electron chi connectivity index (χ0n) is 7.17. The third kappa shape index (κ3) is 1.87. The first kappa shape index (κ1) is 9.29. The molecular formula is C8H11BF2N. The summed E-state index contributed by atoms with van der Waals surface area (Å²) in [6.45, 7) is 1.88. The lowest BCUT2D eigenvalue weighted by Gasteiger charge is -2.27. The van der Waals surface area contributed by atoms with Crippen LogP contribution in [0.2, 0.25) is 6.82 Å². The topological polar surface area (TPSA) is 3.24 Å². The molecule has 0 aromatic carbocycles. The van der Waals surface area contributed by atoms with E-state index in [1.807, 2.05) is 14.1 Å². The van der Waals surface area contributed by atoms with Gasteiger partial charge in [0.15, 0.2) is 0 Å². The first-order valence-corrected chi connectivity index (χ1v) is 3.84. The van der Waals surface area contributed by atoms with Crippen molar-refractivity contribution in [3.8, 4) is 0 Å². The molecule has 0 fully saturated rings. The van der Waals surface area contributed by atoms with E-state index in [0.717, 1.165) is 5.47 Å². The Labute approximate surface area is 72.0 Å². The van der Waals surface area contributed by atoms with Crippen LogP contribution >= 0.6 is 0 Å². The molecule has 1 heterocycles. The van der Waals surface area contributed by atoms with E-state index < -0.39 is 12.5 Å². The first-order valence-electron chi connectivity index (χ1n) is 3.84. The van der Waals surface area contributed by atoms with Gasteiger partial charge in [-0.15, -0.1) is 0 Å². The van der Waals surface area contributed by atoms with Gasteiger partial charge in [0.1, 0.15) is 13.3 Å². The Hall–Kier alpha value is -0.795. The normalized spacial score (nSPS) is 22.9. The summed E-state index contributed by atoms with van der Waals surface area (Å²) in [5.74, 6) is 0. The molecule has 0 spiro atoms. The van der Waals surface area contributed by atoms with E-state index in [0.29, 0.717) is 0 Å². The van der Waals surface area contributed by atoms with Crippen LogP contribution in [0.3, 0.4) is 0 Å². The molecule has 12 heavy (non-hydrogen) atoms. The second-order valence-electron chi connectivity index (χ2n) is 2.77. The van der Waals surface area contributed by atoms with Gasteiger partial charge in [0.05, 0.1) is 0 Å². The number of halogens is 2. The van der Waals surface area contributed by atoms with Crippen molar-refractivity contribution in [3.63, 3.8) is 0 Å². The van der Waals surface area contributed by atoms with E-state index in [1.54, 1.807) is 19.3 Å². The van der Waals surface area contributed by atoms with Crippen LogP contribution in [0.15, 0.2) is 23.8 Å². The van der Waals surface area contributed by atoms with E-state index in [4.69, 9.17) is 0 Å². The Bertz CT molecular complexity index is 213.